The van der Waals surface area contributed by atoms with Crippen LogP contribution in [-0.2, 0) is 11.3 Å². The molecule has 0 radical (unpaired) electrons. The molecule has 2 heterocycles. The van der Waals surface area contributed by atoms with Gasteiger partial charge in [-0.05, 0) is 30.5 Å². The summed E-state index contributed by atoms with van der Waals surface area (Å²) in [6.07, 6.45) is 2.86. The van der Waals surface area contributed by atoms with Crippen LogP contribution >= 0.6 is 0 Å². The van der Waals surface area contributed by atoms with Gasteiger partial charge in [-0.2, -0.15) is 0 Å². The average Bonchev–Trinajstić information content (AvgIpc) is 2.67. The van der Waals surface area contributed by atoms with Crippen LogP contribution in [0.4, 0.5) is 5.69 Å². The SMILES string of the molecule is O=C(NCc1ccccc1)c1cc(N2CCC(C(=O)O)CC2)ccn1. The van der Waals surface area contributed by atoms with Gasteiger partial charge in [-0.15, -0.1) is 0 Å². The lowest BCUT2D eigenvalue weighted by Gasteiger charge is -2.32. The molecule has 6 nitrogen and oxygen atoms in total. The Labute approximate surface area is 146 Å². The maximum Gasteiger partial charge on any atom is 0.306 e. The molecule has 130 valence electrons. The molecular weight excluding hydrogens is 318 g/mol. The van der Waals surface area contributed by atoms with Crippen molar-refractivity contribution in [3.8, 4) is 0 Å². The highest BCUT2D eigenvalue weighted by molar-refractivity contribution is 5.93. The summed E-state index contributed by atoms with van der Waals surface area (Å²) >= 11 is 0. The highest BCUT2D eigenvalue weighted by atomic mass is 16.4. The van der Waals surface area contributed by atoms with Gasteiger partial charge in [0.15, 0.2) is 0 Å². The molecule has 1 aromatic heterocycles. The largest absolute Gasteiger partial charge is 0.481 e. The van der Waals surface area contributed by atoms with Crippen LogP contribution < -0.4 is 10.2 Å². The number of nitrogens with one attached hydrogen (secondary N) is 1. The van der Waals surface area contributed by atoms with Crippen LogP contribution in [0.5, 0.6) is 0 Å². The third kappa shape index (κ3) is 4.35. The molecule has 25 heavy (non-hydrogen) atoms. The summed E-state index contributed by atoms with van der Waals surface area (Å²) in [7, 11) is 0. The number of carboxylic acid groups (broad SMARTS) is 1. The topological polar surface area (TPSA) is 82.5 Å². The van der Waals surface area contributed by atoms with Gasteiger partial charge in [0.05, 0.1) is 5.92 Å². The molecule has 1 aromatic carbocycles. The molecule has 6 heteroatoms. The predicted octanol–water partition coefficient (Wildman–Crippen LogP) is 2.31. The zero-order valence-electron chi connectivity index (χ0n) is 13.9. The van der Waals surface area contributed by atoms with Gasteiger partial charge in [-0.25, -0.2) is 0 Å². The second kappa shape index (κ2) is 7.79. The van der Waals surface area contributed by atoms with E-state index >= 15 is 0 Å². The number of rotatable bonds is 5. The van der Waals surface area contributed by atoms with Crippen molar-refractivity contribution in [2.24, 2.45) is 5.92 Å². The first kappa shape index (κ1) is 17.0. The molecule has 1 amide bonds. The Balaban J connectivity index is 1.61. The lowest BCUT2D eigenvalue weighted by Crippen LogP contribution is -2.36. The van der Waals surface area contributed by atoms with Gasteiger partial charge in [-0.1, -0.05) is 30.3 Å². The average molecular weight is 339 g/mol. The monoisotopic (exact) mass is 339 g/mol. The van der Waals surface area contributed by atoms with Crippen LogP contribution in [-0.4, -0.2) is 35.1 Å². The highest BCUT2D eigenvalue weighted by Gasteiger charge is 2.25. The zero-order chi connectivity index (χ0) is 17.6. The van der Waals surface area contributed by atoms with Gasteiger partial charge in [0.2, 0.25) is 0 Å². The van der Waals surface area contributed by atoms with Gasteiger partial charge < -0.3 is 15.3 Å². The minimum Gasteiger partial charge on any atom is -0.481 e. The molecule has 0 aliphatic carbocycles. The first-order valence-corrected chi connectivity index (χ1v) is 8.39. The summed E-state index contributed by atoms with van der Waals surface area (Å²) in [6, 6.07) is 13.3. The third-order valence-electron chi connectivity index (χ3n) is 4.48. The molecule has 0 bridgehead atoms. The normalized spacial score (nSPS) is 15.0. The maximum absolute atomic E-state index is 12.3. The van der Waals surface area contributed by atoms with Crippen molar-refractivity contribution >= 4 is 17.6 Å². The van der Waals surface area contributed by atoms with Crippen molar-refractivity contribution in [1.82, 2.24) is 10.3 Å². The molecule has 1 fully saturated rings. The van der Waals surface area contributed by atoms with E-state index in [1.807, 2.05) is 36.4 Å². The van der Waals surface area contributed by atoms with E-state index in [9.17, 15) is 9.59 Å². The van der Waals surface area contributed by atoms with E-state index in [4.69, 9.17) is 5.11 Å². The van der Waals surface area contributed by atoms with Gasteiger partial charge in [0, 0.05) is 31.5 Å². The van der Waals surface area contributed by atoms with E-state index in [2.05, 4.69) is 15.2 Å². The van der Waals surface area contributed by atoms with Gasteiger partial charge >= 0.3 is 5.97 Å². The van der Waals surface area contributed by atoms with Gasteiger partial charge in [0.1, 0.15) is 5.69 Å². The Morgan fingerprint density at radius 1 is 1.16 bits per heavy atom. The Hall–Kier alpha value is -2.89. The number of anilines is 1. The quantitative estimate of drug-likeness (QED) is 0.873. The van der Waals surface area contributed by atoms with E-state index in [1.54, 1.807) is 12.3 Å². The highest BCUT2D eigenvalue weighted by Crippen LogP contribution is 2.23. The number of carbonyl (C=O) groups is 2. The van der Waals surface area contributed by atoms with Crippen molar-refractivity contribution in [2.75, 3.05) is 18.0 Å². The van der Waals surface area contributed by atoms with Crippen LogP contribution in [0.25, 0.3) is 0 Å². The Kier molecular flexibility index (Phi) is 5.28. The minimum absolute atomic E-state index is 0.217. The smallest absolute Gasteiger partial charge is 0.306 e. The molecule has 3 rings (SSSR count). The zero-order valence-corrected chi connectivity index (χ0v) is 13.9. The number of amides is 1. The van der Waals surface area contributed by atoms with Crippen molar-refractivity contribution < 1.29 is 14.7 Å². The number of hydrogen-bond acceptors (Lipinski definition) is 4. The first-order chi connectivity index (χ1) is 12.1. The fraction of sp³-hybridized carbons (Fsp3) is 0.316. The summed E-state index contributed by atoms with van der Waals surface area (Å²) in [4.78, 5) is 29.6. The van der Waals surface area contributed by atoms with E-state index in [0.29, 0.717) is 38.2 Å². The lowest BCUT2D eigenvalue weighted by molar-refractivity contribution is -0.142. The van der Waals surface area contributed by atoms with Crippen LogP contribution in [0.3, 0.4) is 0 Å². The van der Waals surface area contributed by atoms with Crippen molar-refractivity contribution in [2.45, 2.75) is 19.4 Å². The van der Waals surface area contributed by atoms with E-state index in [1.165, 1.54) is 0 Å². The van der Waals surface area contributed by atoms with Crippen molar-refractivity contribution in [1.29, 1.82) is 0 Å². The first-order valence-electron chi connectivity index (χ1n) is 8.39. The molecule has 0 atom stereocenters. The predicted molar refractivity (Wildman–Crippen MR) is 94.4 cm³/mol. The van der Waals surface area contributed by atoms with Crippen LogP contribution in [0.1, 0.15) is 28.9 Å². The fourth-order valence-electron chi connectivity index (χ4n) is 2.99. The van der Waals surface area contributed by atoms with Gasteiger partial charge in [0.25, 0.3) is 5.91 Å². The van der Waals surface area contributed by atoms with Crippen molar-refractivity contribution in [3.63, 3.8) is 0 Å². The Morgan fingerprint density at radius 2 is 1.88 bits per heavy atom. The lowest BCUT2D eigenvalue weighted by atomic mass is 9.97. The van der Waals surface area contributed by atoms with Gasteiger partial charge in [-0.3, -0.25) is 14.6 Å². The maximum atomic E-state index is 12.3. The van der Waals surface area contributed by atoms with Crippen LogP contribution in [0.15, 0.2) is 48.7 Å². The van der Waals surface area contributed by atoms with E-state index < -0.39 is 5.97 Å². The summed E-state index contributed by atoms with van der Waals surface area (Å²) < 4.78 is 0. The molecular formula is C19H21N3O3. The molecule has 1 saturated heterocycles. The number of piperidine rings is 1. The number of benzene rings is 1. The standard InChI is InChI=1S/C19H21N3O3/c23-18(21-13-14-4-2-1-3-5-14)17-12-16(6-9-20-17)22-10-7-15(8-11-22)19(24)25/h1-6,9,12,15H,7-8,10-11,13H2,(H,21,23)(H,24,25). The summed E-state index contributed by atoms with van der Waals surface area (Å²) in [5.41, 5.74) is 2.31. The number of carboxylic acids is 1. The van der Waals surface area contributed by atoms with Crippen molar-refractivity contribution in [3.05, 3.63) is 59.9 Å². The Bertz CT molecular complexity index is 741. The number of carbonyl (C=O) groups excluding carboxylic acids is 1. The summed E-state index contributed by atoms with van der Waals surface area (Å²) in [5.74, 6) is -1.21. The number of hydrogen-bond donors (Lipinski definition) is 2. The second-order valence-electron chi connectivity index (χ2n) is 6.17. The van der Waals surface area contributed by atoms with E-state index in [-0.39, 0.29) is 11.8 Å². The minimum atomic E-state index is -0.727. The number of pyridine rings is 1. The molecule has 0 saturated carbocycles. The van der Waals surface area contributed by atoms with E-state index in [0.717, 1.165) is 11.3 Å². The molecule has 1 aliphatic rings. The number of nitrogens with zero attached hydrogens (tertiary/aromatic N) is 2. The second-order valence-corrected chi connectivity index (χ2v) is 6.17. The Morgan fingerprint density at radius 3 is 2.56 bits per heavy atom. The summed E-state index contributed by atoms with van der Waals surface area (Å²) in [5, 5.41) is 12.0. The molecule has 1 aliphatic heterocycles. The third-order valence-corrected chi connectivity index (χ3v) is 4.48. The molecule has 0 unspecified atom stereocenters. The van der Waals surface area contributed by atoms with Crippen LogP contribution in [0.2, 0.25) is 0 Å². The van der Waals surface area contributed by atoms with Crippen LogP contribution in [0, 0.1) is 5.92 Å². The number of aromatic nitrogens is 1. The number of aliphatic carboxylic acids is 1. The molecule has 2 N–H and O–H groups in total. The fourth-order valence-corrected chi connectivity index (χ4v) is 2.99. The molecule has 2 aromatic rings. The molecule has 0 spiro atoms. The summed E-state index contributed by atoms with van der Waals surface area (Å²) in [6.45, 7) is 1.80.